The average Bonchev–Trinajstić information content (AvgIpc) is 3.25. The van der Waals surface area contributed by atoms with Crippen LogP contribution >= 0.6 is 11.6 Å². The standard InChI is InChI=1S/C17H17ClFN/c1-11-2-9-15(18)16(10-11)20-17(12-3-4-12)13-5-7-14(19)8-6-13/h2,5-10,12,17,20H,3-4H2,1H3. The third-order valence-electron chi connectivity index (χ3n) is 3.76. The largest absolute Gasteiger partial charge is 0.377 e. The summed E-state index contributed by atoms with van der Waals surface area (Å²) < 4.78 is 13.1. The summed E-state index contributed by atoms with van der Waals surface area (Å²) >= 11 is 6.26. The maximum Gasteiger partial charge on any atom is 0.123 e. The molecule has 104 valence electrons. The molecular weight excluding hydrogens is 273 g/mol. The predicted octanol–water partition coefficient (Wildman–Crippen LogP) is 5.35. The highest BCUT2D eigenvalue weighted by Crippen LogP contribution is 2.43. The highest BCUT2D eigenvalue weighted by molar-refractivity contribution is 6.33. The van der Waals surface area contributed by atoms with Crippen LogP contribution in [0.15, 0.2) is 42.5 Å². The van der Waals surface area contributed by atoms with Gasteiger partial charge in [-0.25, -0.2) is 4.39 Å². The van der Waals surface area contributed by atoms with Gasteiger partial charge in [-0.3, -0.25) is 0 Å². The zero-order valence-corrected chi connectivity index (χ0v) is 12.1. The number of benzene rings is 2. The molecule has 0 saturated heterocycles. The lowest BCUT2D eigenvalue weighted by Gasteiger charge is -2.21. The van der Waals surface area contributed by atoms with Crippen molar-refractivity contribution in [3.63, 3.8) is 0 Å². The van der Waals surface area contributed by atoms with Gasteiger partial charge in [0.2, 0.25) is 0 Å². The van der Waals surface area contributed by atoms with E-state index < -0.39 is 0 Å². The van der Waals surface area contributed by atoms with E-state index >= 15 is 0 Å². The number of aryl methyl sites for hydroxylation is 1. The van der Waals surface area contributed by atoms with Crippen LogP contribution in [0.5, 0.6) is 0 Å². The molecule has 1 fully saturated rings. The smallest absolute Gasteiger partial charge is 0.123 e. The molecule has 1 aliphatic rings. The molecular formula is C17H17ClFN. The van der Waals surface area contributed by atoms with E-state index in [-0.39, 0.29) is 11.9 Å². The van der Waals surface area contributed by atoms with E-state index in [9.17, 15) is 4.39 Å². The molecule has 2 aromatic rings. The molecule has 0 bridgehead atoms. The van der Waals surface area contributed by atoms with Gasteiger partial charge in [0.25, 0.3) is 0 Å². The molecule has 1 nitrogen and oxygen atoms in total. The van der Waals surface area contributed by atoms with E-state index in [0.717, 1.165) is 16.3 Å². The summed E-state index contributed by atoms with van der Waals surface area (Å²) in [6.45, 7) is 2.05. The normalized spacial score (nSPS) is 15.9. The Morgan fingerprint density at radius 2 is 1.85 bits per heavy atom. The van der Waals surface area contributed by atoms with Gasteiger partial charge < -0.3 is 5.32 Å². The Morgan fingerprint density at radius 1 is 1.15 bits per heavy atom. The summed E-state index contributed by atoms with van der Waals surface area (Å²) in [5.74, 6) is 0.411. The Morgan fingerprint density at radius 3 is 2.50 bits per heavy atom. The summed E-state index contributed by atoms with van der Waals surface area (Å²) in [6, 6.07) is 12.9. The van der Waals surface area contributed by atoms with Crippen molar-refractivity contribution >= 4 is 17.3 Å². The van der Waals surface area contributed by atoms with Crippen LogP contribution < -0.4 is 5.32 Å². The first-order valence-corrected chi connectivity index (χ1v) is 7.29. The molecule has 1 aliphatic carbocycles. The van der Waals surface area contributed by atoms with Gasteiger partial charge in [0, 0.05) is 0 Å². The number of halogens is 2. The van der Waals surface area contributed by atoms with Crippen molar-refractivity contribution in [1.29, 1.82) is 0 Å². The Labute approximate surface area is 123 Å². The van der Waals surface area contributed by atoms with E-state index in [2.05, 4.69) is 11.4 Å². The molecule has 2 aromatic carbocycles. The Kier molecular flexibility index (Phi) is 3.66. The van der Waals surface area contributed by atoms with Crippen molar-refractivity contribution in [2.45, 2.75) is 25.8 Å². The SMILES string of the molecule is Cc1ccc(Cl)c(NC(c2ccc(F)cc2)C2CC2)c1. The van der Waals surface area contributed by atoms with Crippen LogP contribution in [0, 0.1) is 18.7 Å². The second-order valence-corrected chi connectivity index (χ2v) is 5.90. The maximum atomic E-state index is 13.1. The number of hydrogen-bond donors (Lipinski definition) is 1. The minimum atomic E-state index is -0.197. The van der Waals surface area contributed by atoms with Crippen molar-refractivity contribution < 1.29 is 4.39 Å². The average molecular weight is 290 g/mol. The number of anilines is 1. The fraction of sp³-hybridized carbons (Fsp3) is 0.294. The molecule has 0 radical (unpaired) electrons. The molecule has 1 atom stereocenters. The Balaban J connectivity index is 1.88. The fourth-order valence-electron chi connectivity index (χ4n) is 2.49. The van der Waals surface area contributed by atoms with Crippen molar-refractivity contribution in [3.05, 3.63) is 64.4 Å². The van der Waals surface area contributed by atoms with Crippen molar-refractivity contribution in [2.24, 2.45) is 5.92 Å². The van der Waals surface area contributed by atoms with Crippen molar-refractivity contribution in [2.75, 3.05) is 5.32 Å². The van der Waals surface area contributed by atoms with Gasteiger partial charge in [0.05, 0.1) is 16.8 Å². The van der Waals surface area contributed by atoms with E-state index in [1.165, 1.54) is 30.5 Å². The molecule has 1 saturated carbocycles. The maximum absolute atomic E-state index is 13.1. The fourth-order valence-corrected chi connectivity index (χ4v) is 2.66. The zero-order valence-electron chi connectivity index (χ0n) is 11.4. The van der Waals surface area contributed by atoms with E-state index in [0.29, 0.717) is 5.92 Å². The van der Waals surface area contributed by atoms with Crippen LogP contribution in [-0.4, -0.2) is 0 Å². The lowest BCUT2D eigenvalue weighted by atomic mass is 10.0. The Bertz CT molecular complexity index is 605. The predicted molar refractivity (Wildman–Crippen MR) is 81.7 cm³/mol. The molecule has 1 unspecified atom stereocenters. The first kappa shape index (κ1) is 13.4. The molecule has 1 N–H and O–H groups in total. The summed E-state index contributed by atoms with van der Waals surface area (Å²) in [6.07, 6.45) is 2.41. The monoisotopic (exact) mass is 289 g/mol. The van der Waals surface area contributed by atoms with Gasteiger partial charge in [-0.15, -0.1) is 0 Å². The second-order valence-electron chi connectivity index (χ2n) is 5.49. The molecule has 0 spiro atoms. The van der Waals surface area contributed by atoms with Gasteiger partial charge in [-0.05, 0) is 61.1 Å². The van der Waals surface area contributed by atoms with Crippen LogP contribution in [-0.2, 0) is 0 Å². The van der Waals surface area contributed by atoms with Gasteiger partial charge in [-0.2, -0.15) is 0 Å². The van der Waals surface area contributed by atoms with Crippen LogP contribution in [0.2, 0.25) is 5.02 Å². The second kappa shape index (κ2) is 5.45. The lowest BCUT2D eigenvalue weighted by molar-refractivity contribution is 0.622. The summed E-state index contributed by atoms with van der Waals surface area (Å²) in [5.41, 5.74) is 3.24. The molecule has 20 heavy (non-hydrogen) atoms. The summed E-state index contributed by atoms with van der Waals surface area (Å²) in [4.78, 5) is 0. The van der Waals surface area contributed by atoms with Crippen molar-refractivity contribution in [1.82, 2.24) is 0 Å². The van der Waals surface area contributed by atoms with Gasteiger partial charge in [0.15, 0.2) is 0 Å². The first-order valence-electron chi connectivity index (χ1n) is 6.91. The molecule has 0 heterocycles. The third-order valence-corrected chi connectivity index (χ3v) is 4.08. The van der Waals surface area contributed by atoms with Gasteiger partial charge in [0.1, 0.15) is 5.82 Å². The molecule has 3 heteroatoms. The molecule has 0 amide bonds. The number of nitrogens with one attached hydrogen (secondary N) is 1. The minimum absolute atomic E-state index is 0.197. The summed E-state index contributed by atoms with van der Waals surface area (Å²) in [7, 11) is 0. The van der Waals surface area contributed by atoms with Gasteiger partial charge >= 0.3 is 0 Å². The highest BCUT2D eigenvalue weighted by Gasteiger charge is 2.32. The topological polar surface area (TPSA) is 12.0 Å². The minimum Gasteiger partial charge on any atom is -0.377 e. The molecule has 3 rings (SSSR count). The Hall–Kier alpha value is -1.54. The van der Waals surface area contributed by atoms with Crippen LogP contribution in [0.4, 0.5) is 10.1 Å². The van der Waals surface area contributed by atoms with Crippen molar-refractivity contribution in [3.8, 4) is 0 Å². The lowest BCUT2D eigenvalue weighted by Crippen LogP contribution is -2.13. The van der Waals surface area contributed by atoms with Crippen LogP contribution in [0.25, 0.3) is 0 Å². The molecule has 0 aliphatic heterocycles. The van der Waals surface area contributed by atoms with E-state index in [1.54, 1.807) is 0 Å². The first-order chi connectivity index (χ1) is 9.63. The van der Waals surface area contributed by atoms with E-state index in [1.807, 2.05) is 31.2 Å². The van der Waals surface area contributed by atoms with Crippen LogP contribution in [0.3, 0.4) is 0 Å². The third kappa shape index (κ3) is 2.96. The number of hydrogen-bond acceptors (Lipinski definition) is 1. The highest BCUT2D eigenvalue weighted by atomic mass is 35.5. The van der Waals surface area contributed by atoms with E-state index in [4.69, 9.17) is 11.6 Å². The van der Waals surface area contributed by atoms with Gasteiger partial charge in [-0.1, -0.05) is 29.8 Å². The number of rotatable bonds is 4. The van der Waals surface area contributed by atoms with Crippen LogP contribution in [0.1, 0.15) is 30.0 Å². The quantitative estimate of drug-likeness (QED) is 0.800. The molecule has 0 aromatic heterocycles. The zero-order chi connectivity index (χ0) is 14.1. The summed E-state index contributed by atoms with van der Waals surface area (Å²) in [5, 5.41) is 4.26.